The summed E-state index contributed by atoms with van der Waals surface area (Å²) < 4.78 is 0. The molecule has 1 aromatic rings. The maximum atomic E-state index is 4.73. The van der Waals surface area contributed by atoms with Gasteiger partial charge in [-0.25, -0.2) is 0 Å². The summed E-state index contributed by atoms with van der Waals surface area (Å²) in [7, 11) is 0. The van der Waals surface area contributed by atoms with Crippen LogP contribution in [0.4, 0.5) is 0 Å². The van der Waals surface area contributed by atoms with Crippen LogP contribution in [0, 0.1) is 6.92 Å². The van der Waals surface area contributed by atoms with E-state index >= 15 is 0 Å². The van der Waals surface area contributed by atoms with Crippen LogP contribution >= 0.6 is 0 Å². The Morgan fingerprint density at radius 2 is 1.60 bits per heavy atom. The monoisotopic (exact) mass is 338 g/mol. The molecule has 2 heteroatoms. The minimum atomic E-state index is 0.152. The Kier molecular flexibility index (Phi) is 6.45. The molecule has 3 rings (SSSR count). The molecule has 1 saturated carbocycles. The normalized spacial score (nSPS) is 19.6. The first-order valence-corrected chi connectivity index (χ1v) is 10.4. The van der Waals surface area contributed by atoms with Crippen molar-refractivity contribution in [3.8, 4) is 0 Å². The lowest BCUT2D eigenvalue weighted by molar-refractivity contribution is 0.378. The summed E-state index contributed by atoms with van der Waals surface area (Å²) in [5.41, 5.74) is 5.63. The molecule has 0 unspecified atom stereocenters. The SMILES string of the molecule is CCCCCCCC1=NN=C(C2(c3ccc(C)cc3)CCCCC2)C1. The van der Waals surface area contributed by atoms with Gasteiger partial charge < -0.3 is 0 Å². The van der Waals surface area contributed by atoms with Crippen LogP contribution in [0.1, 0.15) is 95.1 Å². The summed E-state index contributed by atoms with van der Waals surface area (Å²) in [5, 5.41) is 9.33. The summed E-state index contributed by atoms with van der Waals surface area (Å²) in [6.07, 6.45) is 15.3. The van der Waals surface area contributed by atoms with Crippen LogP contribution in [0.2, 0.25) is 0 Å². The summed E-state index contributed by atoms with van der Waals surface area (Å²) in [4.78, 5) is 0. The fourth-order valence-electron chi connectivity index (χ4n) is 4.50. The average molecular weight is 339 g/mol. The quantitative estimate of drug-likeness (QED) is 0.468. The van der Waals surface area contributed by atoms with Gasteiger partial charge in [0.15, 0.2) is 0 Å². The molecule has 0 atom stereocenters. The predicted octanol–water partition coefficient (Wildman–Crippen LogP) is 6.76. The topological polar surface area (TPSA) is 24.7 Å². The highest BCUT2D eigenvalue weighted by Crippen LogP contribution is 2.43. The van der Waals surface area contributed by atoms with E-state index in [1.165, 1.54) is 86.8 Å². The smallest absolute Gasteiger partial charge is 0.0567 e. The Morgan fingerprint density at radius 1 is 0.880 bits per heavy atom. The van der Waals surface area contributed by atoms with Crippen LogP contribution in [0.25, 0.3) is 0 Å². The van der Waals surface area contributed by atoms with E-state index in [9.17, 15) is 0 Å². The highest BCUT2D eigenvalue weighted by atomic mass is 15.2. The van der Waals surface area contributed by atoms with E-state index in [4.69, 9.17) is 5.10 Å². The van der Waals surface area contributed by atoms with E-state index in [1.54, 1.807) is 0 Å². The lowest BCUT2D eigenvalue weighted by Crippen LogP contribution is -2.38. The second-order valence-corrected chi connectivity index (χ2v) is 8.06. The molecule has 0 radical (unpaired) electrons. The molecule has 0 spiro atoms. The molecule has 1 fully saturated rings. The molecule has 25 heavy (non-hydrogen) atoms. The Balaban J connectivity index is 1.65. The van der Waals surface area contributed by atoms with Crippen LogP contribution in [0.5, 0.6) is 0 Å². The van der Waals surface area contributed by atoms with Crippen molar-refractivity contribution < 1.29 is 0 Å². The number of unbranched alkanes of at least 4 members (excludes halogenated alkanes) is 4. The molecule has 0 amide bonds. The summed E-state index contributed by atoms with van der Waals surface area (Å²) >= 11 is 0. The van der Waals surface area contributed by atoms with Crippen molar-refractivity contribution in [1.29, 1.82) is 0 Å². The van der Waals surface area contributed by atoms with Gasteiger partial charge in [0.1, 0.15) is 0 Å². The number of benzene rings is 1. The third-order valence-electron chi connectivity index (χ3n) is 6.12. The van der Waals surface area contributed by atoms with Gasteiger partial charge in [0.25, 0.3) is 0 Å². The Labute approximate surface area is 153 Å². The van der Waals surface area contributed by atoms with Crippen LogP contribution in [0.15, 0.2) is 34.5 Å². The minimum absolute atomic E-state index is 0.152. The van der Waals surface area contributed by atoms with Crippen LogP contribution < -0.4 is 0 Å². The van der Waals surface area contributed by atoms with Gasteiger partial charge in [-0.3, -0.25) is 0 Å². The van der Waals surface area contributed by atoms with E-state index in [0.29, 0.717) is 0 Å². The first-order valence-electron chi connectivity index (χ1n) is 10.4. The zero-order valence-electron chi connectivity index (χ0n) is 16.2. The van der Waals surface area contributed by atoms with Crippen molar-refractivity contribution in [3.05, 3.63) is 35.4 Å². The molecular formula is C23H34N2. The predicted molar refractivity (Wildman–Crippen MR) is 109 cm³/mol. The number of nitrogens with zero attached hydrogens (tertiary/aromatic N) is 2. The van der Waals surface area contributed by atoms with Crippen molar-refractivity contribution in [3.63, 3.8) is 0 Å². The molecule has 2 aliphatic rings. The summed E-state index contributed by atoms with van der Waals surface area (Å²) in [5.74, 6) is 0. The van der Waals surface area contributed by atoms with Gasteiger partial charge in [-0.1, -0.05) is 81.7 Å². The average Bonchev–Trinajstić information content (AvgIpc) is 3.12. The lowest BCUT2D eigenvalue weighted by atomic mass is 9.65. The van der Waals surface area contributed by atoms with Crippen LogP contribution in [-0.4, -0.2) is 11.4 Å². The van der Waals surface area contributed by atoms with Gasteiger partial charge in [0.2, 0.25) is 0 Å². The van der Waals surface area contributed by atoms with E-state index in [-0.39, 0.29) is 5.41 Å². The molecular weight excluding hydrogens is 304 g/mol. The zero-order valence-corrected chi connectivity index (χ0v) is 16.2. The van der Waals surface area contributed by atoms with Gasteiger partial charge in [0, 0.05) is 17.5 Å². The van der Waals surface area contributed by atoms with Crippen molar-refractivity contribution in [2.24, 2.45) is 10.2 Å². The van der Waals surface area contributed by atoms with Gasteiger partial charge in [-0.15, -0.1) is 0 Å². The zero-order chi connectivity index (χ0) is 17.5. The fraction of sp³-hybridized carbons (Fsp3) is 0.652. The third kappa shape index (κ3) is 4.40. The second kappa shape index (κ2) is 8.78. The number of aryl methyl sites for hydroxylation is 1. The van der Waals surface area contributed by atoms with Gasteiger partial charge in [-0.05, 0) is 38.2 Å². The molecule has 1 heterocycles. The maximum absolute atomic E-state index is 4.73. The highest BCUT2D eigenvalue weighted by molar-refractivity contribution is 6.11. The number of hydrogen-bond donors (Lipinski definition) is 0. The van der Waals surface area contributed by atoms with Gasteiger partial charge >= 0.3 is 0 Å². The minimum Gasteiger partial charge on any atom is -0.160 e. The van der Waals surface area contributed by atoms with Gasteiger partial charge in [0.05, 0.1) is 5.71 Å². The molecule has 1 aliphatic carbocycles. The first-order chi connectivity index (χ1) is 12.2. The van der Waals surface area contributed by atoms with Gasteiger partial charge in [-0.2, -0.15) is 10.2 Å². The number of hydrogen-bond acceptors (Lipinski definition) is 2. The Morgan fingerprint density at radius 3 is 2.32 bits per heavy atom. The molecule has 0 N–H and O–H groups in total. The summed E-state index contributed by atoms with van der Waals surface area (Å²) in [6.45, 7) is 4.44. The van der Waals surface area contributed by atoms with Crippen molar-refractivity contribution in [2.75, 3.05) is 0 Å². The summed E-state index contributed by atoms with van der Waals surface area (Å²) in [6, 6.07) is 9.20. The molecule has 2 nitrogen and oxygen atoms in total. The molecule has 1 aliphatic heterocycles. The Bertz CT molecular complexity index is 603. The Hall–Kier alpha value is -1.44. The first kappa shape index (κ1) is 18.4. The highest BCUT2D eigenvalue weighted by Gasteiger charge is 2.40. The van der Waals surface area contributed by atoms with E-state index in [1.807, 2.05) is 0 Å². The largest absolute Gasteiger partial charge is 0.160 e. The fourth-order valence-corrected chi connectivity index (χ4v) is 4.50. The molecule has 0 bridgehead atoms. The maximum Gasteiger partial charge on any atom is 0.0567 e. The number of rotatable bonds is 8. The molecule has 136 valence electrons. The second-order valence-electron chi connectivity index (χ2n) is 8.06. The molecule has 0 aromatic heterocycles. The lowest BCUT2D eigenvalue weighted by Gasteiger charge is -2.38. The van der Waals surface area contributed by atoms with E-state index in [0.717, 1.165) is 12.8 Å². The van der Waals surface area contributed by atoms with Crippen LogP contribution in [-0.2, 0) is 5.41 Å². The van der Waals surface area contributed by atoms with Crippen molar-refractivity contribution >= 4 is 11.4 Å². The van der Waals surface area contributed by atoms with Crippen molar-refractivity contribution in [2.45, 2.75) is 96.3 Å². The standard InChI is InChI=1S/C23H34N2/c1-3-4-5-6-8-11-21-18-22(25-24-21)23(16-9-7-10-17-23)20-14-12-19(2)13-15-20/h12-15H,3-11,16-18H2,1-2H3. The van der Waals surface area contributed by atoms with E-state index < -0.39 is 0 Å². The third-order valence-corrected chi connectivity index (χ3v) is 6.12. The van der Waals surface area contributed by atoms with Crippen LogP contribution in [0.3, 0.4) is 0 Å². The van der Waals surface area contributed by atoms with Crippen molar-refractivity contribution in [1.82, 2.24) is 0 Å². The molecule has 0 saturated heterocycles. The molecule has 1 aromatic carbocycles. The van der Waals surface area contributed by atoms with E-state index in [2.05, 4.69) is 43.2 Å².